The number of aromatic carboxylic acids is 1. The Morgan fingerprint density at radius 1 is 0.482 bits per heavy atom. The van der Waals surface area contributed by atoms with Crippen molar-refractivity contribution in [1.82, 2.24) is 89.0 Å². The Bertz CT molecular complexity index is 5300. The van der Waals surface area contributed by atoms with Crippen molar-refractivity contribution in [3.63, 3.8) is 0 Å². The number of halogens is 2. The van der Waals surface area contributed by atoms with Gasteiger partial charge in [0.05, 0.1) is 118 Å². The zero-order valence-corrected chi connectivity index (χ0v) is 63.4. The number of amides is 1. The van der Waals surface area contributed by atoms with E-state index in [9.17, 15) is 58.3 Å². The number of ether oxygens (including phenoxy) is 3. The number of aromatic nitrogens is 18. The first-order valence-electron chi connectivity index (χ1n) is 33.1. The SMILES string of the molecule is C[C@@H](O)c1cccnc1F.C[C@@H](OC(=O)Nc1c(-c2ncc(OS(=O)(=O)C3CC3)cn2)cnn1C)c1cccnc1F.Cn1ncc(-c2ncc(O)cn2)c1C(=O)OC(C)(C)C.Cn1ncc(-c2ncc(OS(=O)(=O)C3CC3)cn2)c1C(=O)O.Cn1ncc(-c2ncc(OS(=O)(=O)C3CC3)cn2)c1C(=O)OC(C)(C)C. The number of carbonyl (C=O) groups is 4. The van der Waals surface area contributed by atoms with Crippen molar-refractivity contribution in [1.29, 1.82) is 0 Å². The van der Waals surface area contributed by atoms with E-state index in [1.807, 2.05) is 0 Å². The number of aliphatic hydroxyl groups is 1. The van der Waals surface area contributed by atoms with Gasteiger partial charge in [0, 0.05) is 51.7 Å². The van der Waals surface area contributed by atoms with E-state index >= 15 is 0 Å². The molecule has 0 aliphatic heterocycles. The van der Waals surface area contributed by atoms with E-state index in [0.29, 0.717) is 61.0 Å². The maximum Gasteiger partial charge on any atom is 0.413 e. The van der Waals surface area contributed by atoms with Crippen LogP contribution in [0, 0.1) is 11.9 Å². The van der Waals surface area contributed by atoms with Gasteiger partial charge < -0.3 is 42.1 Å². The number of carbonyl (C=O) groups excluding carboxylic acids is 3. The number of rotatable bonds is 20. The number of carboxylic acids is 1. The van der Waals surface area contributed by atoms with Crippen LogP contribution in [0.4, 0.5) is 19.4 Å². The van der Waals surface area contributed by atoms with Crippen LogP contribution in [0.25, 0.3) is 45.6 Å². The van der Waals surface area contributed by atoms with Gasteiger partial charge in [-0.15, -0.1) is 0 Å². The molecule has 1 amide bonds. The van der Waals surface area contributed by atoms with Crippen LogP contribution in [-0.2, 0) is 72.8 Å². The number of aryl methyl sites for hydroxylation is 4. The summed E-state index contributed by atoms with van der Waals surface area (Å²) < 4.78 is 134. The molecule has 3 aliphatic carbocycles. The molecule has 10 aromatic rings. The number of nitrogens with zero attached hydrogens (tertiary/aromatic N) is 18. The fourth-order valence-corrected chi connectivity index (χ4v) is 12.9. The minimum absolute atomic E-state index is 0.00332. The van der Waals surface area contributed by atoms with Gasteiger partial charge in [-0.2, -0.15) is 54.4 Å². The van der Waals surface area contributed by atoms with E-state index in [2.05, 4.69) is 75.6 Å². The summed E-state index contributed by atoms with van der Waals surface area (Å²) >= 11 is 0. The normalized spacial score (nSPS) is 14.0. The minimum Gasteiger partial charge on any atom is -0.505 e. The second kappa shape index (κ2) is 34.1. The van der Waals surface area contributed by atoms with E-state index in [0.717, 1.165) is 0 Å². The number of esters is 2. The maximum absolute atomic E-state index is 13.8. The van der Waals surface area contributed by atoms with Crippen LogP contribution in [0.3, 0.4) is 0 Å². The molecule has 110 heavy (non-hydrogen) atoms. The number of hydrogen-bond acceptors (Lipinski definition) is 32. The van der Waals surface area contributed by atoms with Crippen LogP contribution in [0.5, 0.6) is 23.0 Å². The van der Waals surface area contributed by atoms with E-state index in [4.69, 9.17) is 37.0 Å². The van der Waals surface area contributed by atoms with Gasteiger partial charge in [-0.1, -0.05) is 6.07 Å². The molecule has 0 spiro atoms. The number of nitrogens with one attached hydrogen (secondary N) is 1. The van der Waals surface area contributed by atoms with Gasteiger partial charge in [-0.05, 0) is 112 Å². The Kier molecular flexibility index (Phi) is 25.4. The van der Waals surface area contributed by atoms with Crippen LogP contribution < -0.4 is 17.9 Å². The molecule has 0 unspecified atom stereocenters. The van der Waals surface area contributed by atoms with E-state index in [1.54, 1.807) is 68.8 Å². The van der Waals surface area contributed by atoms with Gasteiger partial charge in [-0.3, -0.25) is 24.0 Å². The topological polar surface area (TPSA) is 499 Å². The van der Waals surface area contributed by atoms with Crippen LogP contribution in [0.2, 0.25) is 0 Å². The molecule has 38 nitrogen and oxygen atoms in total. The molecule has 2 atom stereocenters. The summed E-state index contributed by atoms with van der Waals surface area (Å²) in [7, 11) is -4.59. The van der Waals surface area contributed by atoms with Crippen molar-refractivity contribution in [3.8, 4) is 68.5 Å². The van der Waals surface area contributed by atoms with Crippen LogP contribution >= 0.6 is 0 Å². The molecule has 3 saturated carbocycles. The third kappa shape index (κ3) is 22.1. The summed E-state index contributed by atoms with van der Waals surface area (Å²) in [5.41, 5.74) is 0.982. The largest absolute Gasteiger partial charge is 0.505 e. The average Bonchev–Trinajstić information content (AvgIpc) is 1.65. The fraction of sp³-hybridized carbons (Fsp3) is 0.373. The van der Waals surface area contributed by atoms with Crippen LogP contribution in [-0.4, -0.2) is 180 Å². The predicted molar refractivity (Wildman–Crippen MR) is 381 cm³/mol. The second-order valence-electron chi connectivity index (χ2n) is 26.4. The molecule has 3 fully saturated rings. The first kappa shape index (κ1) is 82.1. The molecule has 0 saturated heterocycles. The van der Waals surface area contributed by atoms with Gasteiger partial charge in [0.15, 0.2) is 63.4 Å². The lowest BCUT2D eigenvalue weighted by Gasteiger charge is -2.19. The zero-order valence-electron chi connectivity index (χ0n) is 60.9. The van der Waals surface area contributed by atoms with E-state index in [1.165, 1.54) is 145 Å². The van der Waals surface area contributed by atoms with Gasteiger partial charge in [-0.25, -0.2) is 69.0 Å². The van der Waals surface area contributed by atoms with Crippen molar-refractivity contribution < 1.29 is 95.3 Å². The van der Waals surface area contributed by atoms with Crippen molar-refractivity contribution >= 4 is 60.2 Å². The summed E-state index contributed by atoms with van der Waals surface area (Å²) in [5, 5.41) is 44.5. The third-order valence-corrected chi connectivity index (χ3v) is 20.2. The average molecular weight is 1580 g/mol. The van der Waals surface area contributed by atoms with Gasteiger partial charge in [0.2, 0.25) is 11.9 Å². The summed E-state index contributed by atoms with van der Waals surface area (Å²) in [6, 6.07) is 6.10. The zero-order chi connectivity index (χ0) is 80.4. The third-order valence-electron chi connectivity index (χ3n) is 15.0. The second-order valence-corrected chi connectivity index (χ2v) is 31.8. The molecule has 584 valence electrons. The van der Waals surface area contributed by atoms with Crippen molar-refractivity contribution in [2.75, 3.05) is 5.32 Å². The smallest absolute Gasteiger partial charge is 0.413 e. The van der Waals surface area contributed by atoms with Gasteiger partial charge >= 0.3 is 54.4 Å². The molecule has 0 radical (unpaired) electrons. The predicted octanol–water partition coefficient (Wildman–Crippen LogP) is 7.55. The monoisotopic (exact) mass is 1580 g/mol. The summed E-state index contributed by atoms with van der Waals surface area (Å²) in [4.78, 5) is 87.4. The number of aromatic hydroxyl groups is 1. The first-order valence-corrected chi connectivity index (χ1v) is 37.5. The van der Waals surface area contributed by atoms with E-state index < -0.39 is 105 Å². The lowest BCUT2D eigenvalue weighted by molar-refractivity contribution is 0.00457. The van der Waals surface area contributed by atoms with E-state index in [-0.39, 0.29) is 80.1 Å². The highest BCUT2D eigenvalue weighted by atomic mass is 32.2. The Hall–Kier alpha value is -12.0. The molecule has 10 heterocycles. The highest BCUT2D eigenvalue weighted by molar-refractivity contribution is 7.88. The lowest BCUT2D eigenvalue weighted by atomic mass is 10.2. The molecular formula is C67H75F2N19O19S3. The molecule has 13 rings (SSSR count). The number of hydrogen-bond donors (Lipinski definition) is 4. The molecule has 4 N–H and O–H groups in total. The van der Waals surface area contributed by atoms with Crippen LogP contribution in [0.1, 0.15) is 149 Å². The highest BCUT2D eigenvalue weighted by Gasteiger charge is 2.40. The quantitative estimate of drug-likeness (QED) is 0.0247. The summed E-state index contributed by atoms with van der Waals surface area (Å²) in [6.45, 7) is 13.7. The number of pyridine rings is 2. The molecule has 3 aliphatic rings. The Morgan fingerprint density at radius 3 is 1.13 bits per heavy atom. The Balaban J connectivity index is 0.000000164. The van der Waals surface area contributed by atoms with Gasteiger partial charge in [0.25, 0.3) is 0 Å². The van der Waals surface area contributed by atoms with Gasteiger partial charge in [0.1, 0.15) is 23.1 Å². The van der Waals surface area contributed by atoms with Crippen molar-refractivity contribution in [3.05, 3.63) is 151 Å². The van der Waals surface area contributed by atoms with Crippen molar-refractivity contribution in [2.24, 2.45) is 28.2 Å². The standard InChI is InChI=1S/C19H19FN6O5S.C16H20N4O5S.C13H16N4O3.C12H12N4O5S.C7H8FNO/c1-11(14-4-3-7-21-16(14)20)30-19(27)25-18-15(10-24-26(18)2)17-22-8-12(9-23-17)31-32(28,29)13-5-6-13;1-16(2,3)24-15(21)13-12(9-19-20(13)4)14-17-7-10(8-18-14)25-26(22,23)11-5-6-11;1-13(2,3)20-12(19)10-9(7-16-17(10)4)11-14-5-8(18)6-15-11;1-16-10(12(17)18)9(6-15-16)11-13-4-7(5-14-11)21-22(19,20)8-2-3-8;1-5(10)6-3-2-4-9-7(6)8/h3-4,7-11,13H,5-6H2,1-2H3,(H,25,27);7-9,11H,5-6H2,1-4H3;5-7,18H,1-4H3;4-6,8H,2-3H2,1H3,(H,17,18);2-5,10H,1H3/t11-;;;;5-/m1...1/s1. The Labute approximate surface area is 627 Å². The molecule has 10 aromatic heterocycles. The first-order chi connectivity index (χ1) is 51.7. The summed E-state index contributed by atoms with van der Waals surface area (Å²) in [6.07, 6.45) is 19.3. The number of aliphatic hydroxyl groups excluding tert-OH is 1. The van der Waals surface area contributed by atoms with Crippen molar-refractivity contribution in [2.45, 2.75) is 133 Å². The molecular weight excluding hydrogens is 1510 g/mol. The molecule has 43 heteroatoms. The summed E-state index contributed by atoms with van der Waals surface area (Å²) in [5.74, 6) is -2.50. The fourth-order valence-electron chi connectivity index (χ4n) is 9.34. The Morgan fingerprint density at radius 2 is 0.800 bits per heavy atom. The molecule has 0 aromatic carbocycles. The molecule has 0 bridgehead atoms. The minimum atomic E-state index is -3.68. The number of carboxylic acid groups (broad SMARTS) is 1. The lowest BCUT2D eigenvalue weighted by Crippen LogP contribution is -2.25. The highest BCUT2D eigenvalue weighted by Crippen LogP contribution is 2.35. The maximum atomic E-state index is 13.8. The van der Waals surface area contributed by atoms with Crippen LogP contribution in [0.15, 0.2) is 111 Å². The number of anilines is 1.